The first-order valence-electron chi connectivity index (χ1n) is 5.99. The summed E-state index contributed by atoms with van der Waals surface area (Å²) in [6, 6.07) is 8.50. The van der Waals surface area contributed by atoms with E-state index >= 15 is 0 Å². The molecule has 0 aliphatic carbocycles. The van der Waals surface area contributed by atoms with E-state index in [1.54, 1.807) is 35.6 Å². The predicted octanol–water partition coefficient (Wildman–Crippen LogP) is 2.92. The van der Waals surface area contributed by atoms with Gasteiger partial charge >= 0.3 is 0 Å². The molecule has 0 fully saturated rings. The molecule has 0 radical (unpaired) electrons. The lowest BCUT2D eigenvalue weighted by Gasteiger charge is -2.00. The molecule has 4 nitrogen and oxygen atoms in total. The number of aryl methyl sites for hydroxylation is 1. The summed E-state index contributed by atoms with van der Waals surface area (Å²) in [5.41, 5.74) is 0.660. The van der Waals surface area contributed by atoms with Gasteiger partial charge in [-0.25, -0.2) is 4.98 Å². The number of phenols is 1. The lowest BCUT2D eigenvalue weighted by Crippen LogP contribution is -2.07. The number of benzene rings is 1. The number of aromatic nitrogens is 2. The van der Waals surface area contributed by atoms with Crippen LogP contribution in [0.3, 0.4) is 0 Å². The van der Waals surface area contributed by atoms with Crippen molar-refractivity contribution in [1.29, 1.82) is 0 Å². The van der Waals surface area contributed by atoms with Gasteiger partial charge in [-0.1, -0.05) is 6.92 Å². The first kappa shape index (κ1) is 11.9. The quantitative estimate of drug-likeness (QED) is 0.753. The third-order valence-electron chi connectivity index (χ3n) is 2.94. The van der Waals surface area contributed by atoms with Crippen LogP contribution in [0.4, 0.5) is 0 Å². The molecule has 1 aromatic carbocycles. The van der Waals surface area contributed by atoms with Crippen LogP contribution in [0, 0.1) is 0 Å². The van der Waals surface area contributed by atoms with Gasteiger partial charge in [0, 0.05) is 10.4 Å². The number of fused-ring (bicyclic) bond motifs is 1. The van der Waals surface area contributed by atoms with Gasteiger partial charge in [-0.3, -0.25) is 4.79 Å². The first-order chi connectivity index (χ1) is 9.17. The molecule has 5 heteroatoms. The van der Waals surface area contributed by atoms with Crippen molar-refractivity contribution >= 4 is 21.6 Å². The number of nitrogens with zero attached hydrogens (tertiary/aromatic N) is 1. The summed E-state index contributed by atoms with van der Waals surface area (Å²) < 4.78 is 0. The molecule has 0 spiro atoms. The molecule has 3 rings (SSSR count). The number of phenolic OH excluding ortho intramolecular Hbond substituents is 1. The Kier molecular flexibility index (Phi) is 2.83. The van der Waals surface area contributed by atoms with E-state index < -0.39 is 0 Å². The maximum Gasteiger partial charge on any atom is 0.259 e. The maximum absolute atomic E-state index is 12.0. The average Bonchev–Trinajstić information content (AvgIpc) is 2.83. The summed E-state index contributed by atoms with van der Waals surface area (Å²) in [6.07, 6.45) is 0.898. The highest BCUT2D eigenvalue weighted by molar-refractivity contribution is 7.18. The van der Waals surface area contributed by atoms with E-state index in [4.69, 9.17) is 0 Å². The zero-order valence-corrected chi connectivity index (χ0v) is 11.1. The van der Waals surface area contributed by atoms with Gasteiger partial charge in [0.1, 0.15) is 16.4 Å². The monoisotopic (exact) mass is 272 g/mol. The Morgan fingerprint density at radius 1 is 1.32 bits per heavy atom. The molecule has 3 aromatic rings. The van der Waals surface area contributed by atoms with Crippen LogP contribution < -0.4 is 5.56 Å². The number of rotatable bonds is 2. The van der Waals surface area contributed by atoms with Gasteiger partial charge in [0.25, 0.3) is 5.56 Å². The van der Waals surface area contributed by atoms with Crippen LogP contribution in [-0.2, 0) is 6.42 Å². The Hall–Kier alpha value is -2.14. The lowest BCUT2D eigenvalue weighted by atomic mass is 10.2. The van der Waals surface area contributed by atoms with Gasteiger partial charge in [0.2, 0.25) is 0 Å². The van der Waals surface area contributed by atoms with Crippen LogP contribution in [0.1, 0.15) is 11.8 Å². The molecule has 0 aliphatic rings. The minimum absolute atomic E-state index is 0.121. The van der Waals surface area contributed by atoms with Crippen LogP contribution in [0.25, 0.3) is 21.6 Å². The molecular formula is C14H12N2O2S. The van der Waals surface area contributed by atoms with Crippen molar-refractivity contribution in [2.75, 3.05) is 0 Å². The average molecular weight is 272 g/mol. The fraction of sp³-hybridized carbons (Fsp3) is 0.143. The number of thiophene rings is 1. The summed E-state index contributed by atoms with van der Waals surface area (Å²) in [6.45, 7) is 2.06. The highest BCUT2D eigenvalue weighted by atomic mass is 32.1. The molecule has 96 valence electrons. The molecule has 0 bridgehead atoms. The van der Waals surface area contributed by atoms with Gasteiger partial charge in [0.05, 0.1) is 5.39 Å². The molecular weight excluding hydrogens is 260 g/mol. The Bertz CT molecular complexity index is 787. The van der Waals surface area contributed by atoms with Crippen molar-refractivity contribution in [2.24, 2.45) is 0 Å². The maximum atomic E-state index is 12.0. The molecule has 0 saturated heterocycles. The second-order valence-electron chi connectivity index (χ2n) is 4.25. The second kappa shape index (κ2) is 4.51. The smallest absolute Gasteiger partial charge is 0.259 e. The zero-order chi connectivity index (χ0) is 13.4. The normalized spacial score (nSPS) is 11.0. The van der Waals surface area contributed by atoms with Crippen molar-refractivity contribution in [3.05, 3.63) is 45.6 Å². The highest BCUT2D eigenvalue weighted by Gasteiger charge is 2.09. The Balaban J connectivity index is 2.20. The number of hydrogen-bond donors (Lipinski definition) is 2. The molecule has 0 amide bonds. The van der Waals surface area contributed by atoms with E-state index in [0.29, 0.717) is 11.2 Å². The largest absolute Gasteiger partial charge is 0.508 e. The van der Waals surface area contributed by atoms with Crippen LogP contribution in [0.5, 0.6) is 5.75 Å². The Morgan fingerprint density at radius 2 is 2.05 bits per heavy atom. The topological polar surface area (TPSA) is 66.0 Å². The molecule has 0 unspecified atom stereocenters. The standard InChI is InChI=1S/C14H12N2O2S/c1-2-10-7-11-13(18)15-12(16-14(11)19-10)8-3-5-9(17)6-4-8/h3-7,17H,2H2,1H3,(H,15,16,18). The fourth-order valence-electron chi connectivity index (χ4n) is 1.91. The van der Waals surface area contributed by atoms with E-state index in [2.05, 4.69) is 16.9 Å². The van der Waals surface area contributed by atoms with Gasteiger partial charge in [-0.15, -0.1) is 11.3 Å². The molecule has 2 heterocycles. The van der Waals surface area contributed by atoms with E-state index in [1.165, 1.54) is 0 Å². The molecule has 0 atom stereocenters. The van der Waals surface area contributed by atoms with Gasteiger partial charge in [-0.2, -0.15) is 0 Å². The van der Waals surface area contributed by atoms with Gasteiger partial charge < -0.3 is 10.1 Å². The highest BCUT2D eigenvalue weighted by Crippen LogP contribution is 2.24. The van der Waals surface area contributed by atoms with Crippen LogP contribution in [0.2, 0.25) is 0 Å². The molecule has 0 saturated carbocycles. The fourth-order valence-corrected chi connectivity index (χ4v) is 2.88. The van der Waals surface area contributed by atoms with Crippen molar-refractivity contribution in [3.8, 4) is 17.1 Å². The third-order valence-corrected chi connectivity index (χ3v) is 4.12. The summed E-state index contributed by atoms with van der Waals surface area (Å²) in [5.74, 6) is 0.721. The predicted molar refractivity (Wildman–Crippen MR) is 76.7 cm³/mol. The second-order valence-corrected chi connectivity index (χ2v) is 5.36. The SMILES string of the molecule is CCc1cc2c(=O)[nH]c(-c3ccc(O)cc3)nc2s1. The van der Waals surface area contributed by atoms with Crippen LogP contribution >= 0.6 is 11.3 Å². The minimum atomic E-state index is -0.121. The van der Waals surface area contributed by atoms with Crippen molar-refractivity contribution in [2.45, 2.75) is 13.3 Å². The van der Waals surface area contributed by atoms with Crippen molar-refractivity contribution in [3.63, 3.8) is 0 Å². The van der Waals surface area contributed by atoms with Crippen molar-refractivity contribution < 1.29 is 5.11 Å². The van der Waals surface area contributed by atoms with Crippen molar-refractivity contribution in [1.82, 2.24) is 9.97 Å². The zero-order valence-electron chi connectivity index (χ0n) is 10.3. The Labute approximate surface area is 113 Å². The van der Waals surface area contributed by atoms with Gasteiger partial charge in [-0.05, 0) is 36.8 Å². The number of hydrogen-bond acceptors (Lipinski definition) is 4. The third kappa shape index (κ3) is 2.13. The molecule has 0 aliphatic heterocycles. The molecule has 2 N–H and O–H groups in total. The molecule has 19 heavy (non-hydrogen) atoms. The van der Waals surface area contributed by atoms with E-state index in [9.17, 15) is 9.90 Å². The van der Waals surface area contributed by atoms with E-state index in [0.717, 1.165) is 21.7 Å². The van der Waals surface area contributed by atoms with Crippen LogP contribution in [0.15, 0.2) is 35.1 Å². The number of aromatic hydroxyl groups is 1. The summed E-state index contributed by atoms with van der Waals surface area (Å²) in [4.78, 5) is 21.2. The van der Waals surface area contributed by atoms with E-state index in [-0.39, 0.29) is 11.3 Å². The Morgan fingerprint density at radius 3 is 2.74 bits per heavy atom. The summed E-state index contributed by atoms with van der Waals surface area (Å²) in [5, 5.41) is 9.92. The first-order valence-corrected chi connectivity index (χ1v) is 6.81. The number of aromatic amines is 1. The summed E-state index contributed by atoms with van der Waals surface area (Å²) in [7, 11) is 0. The number of H-pyrrole nitrogens is 1. The lowest BCUT2D eigenvalue weighted by molar-refractivity contribution is 0.475. The summed E-state index contributed by atoms with van der Waals surface area (Å²) >= 11 is 1.54. The minimum Gasteiger partial charge on any atom is -0.508 e. The van der Waals surface area contributed by atoms with Crippen LogP contribution in [-0.4, -0.2) is 15.1 Å². The number of nitrogens with one attached hydrogen (secondary N) is 1. The van der Waals surface area contributed by atoms with Gasteiger partial charge in [0.15, 0.2) is 0 Å². The molecule has 2 aromatic heterocycles. The van der Waals surface area contributed by atoms with E-state index in [1.807, 2.05) is 6.07 Å².